The van der Waals surface area contributed by atoms with E-state index >= 15 is 0 Å². The summed E-state index contributed by atoms with van der Waals surface area (Å²) in [4.78, 5) is 27.1. The molecular weight excluding hydrogens is 344 g/mol. The van der Waals surface area contributed by atoms with Crippen LogP contribution in [0.15, 0.2) is 54.6 Å². The lowest BCUT2D eigenvalue weighted by atomic mass is 10.1. The van der Waals surface area contributed by atoms with Crippen molar-refractivity contribution >= 4 is 11.8 Å². The molecule has 1 fully saturated rings. The maximum atomic E-state index is 12.7. The Labute approximate surface area is 158 Å². The van der Waals surface area contributed by atoms with Gasteiger partial charge in [-0.15, -0.1) is 0 Å². The first kappa shape index (κ1) is 17.4. The molecule has 2 aliphatic heterocycles. The number of benzene rings is 2. The fraction of sp³-hybridized carbons (Fsp3) is 0.333. The lowest BCUT2D eigenvalue weighted by Crippen LogP contribution is -2.53. The van der Waals surface area contributed by atoms with Crippen molar-refractivity contribution in [1.82, 2.24) is 10.2 Å². The Morgan fingerprint density at radius 1 is 1.07 bits per heavy atom. The molecule has 6 heteroatoms. The minimum absolute atomic E-state index is 0.0583. The number of carbonyl (C=O) groups is 2. The average Bonchev–Trinajstić information content (AvgIpc) is 3.01. The van der Waals surface area contributed by atoms with Gasteiger partial charge in [0.15, 0.2) is 11.5 Å². The molecular formula is C21H22N2O4. The predicted octanol–water partition coefficient (Wildman–Crippen LogP) is 2.13. The van der Waals surface area contributed by atoms with E-state index < -0.39 is 18.2 Å². The predicted molar refractivity (Wildman–Crippen MR) is 99.4 cm³/mol. The molecule has 2 aromatic rings. The number of likely N-dealkylation sites (tertiary alicyclic amines) is 1. The van der Waals surface area contributed by atoms with Gasteiger partial charge in [-0.25, -0.2) is 0 Å². The van der Waals surface area contributed by atoms with E-state index in [9.17, 15) is 9.59 Å². The standard InChI is InChI=1S/C21H22N2O4/c1-14-19(27-18-10-6-5-9-17(18)26-14)20(24)22-16-11-12-23(21(16)25)13-15-7-3-2-4-8-15/h2-10,14,16,19H,11-13H2,1H3,(H,22,24)/t14-,16+,19+/m0/s1. The number of carbonyl (C=O) groups excluding carboxylic acids is 2. The molecule has 3 atom stereocenters. The molecule has 140 valence electrons. The summed E-state index contributed by atoms with van der Waals surface area (Å²) in [6.07, 6.45) is -0.622. The number of amides is 2. The molecule has 0 aromatic heterocycles. The van der Waals surface area contributed by atoms with Crippen molar-refractivity contribution in [3.63, 3.8) is 0 Å². The van der Waals surface area contributed by atoms with E-state index in [2.05, 4.69) is 5.32 Å². The highest BCUT2D eigenvalue weighted by atomic mass is 16.6. The summed E-state index contributed by atoms with van der Waals surface area (Å²) in [5, 5.41) is 2.84. The molecule has 4 rings (SSSR count). The van der Waals surface area contributed by atoms with Crippen LogP contribution < -0.4 is 14.8 Å². The summed E-state index contributed by atoms with van der Waals surface area (Å²) >= 11 is 0. The second-order valence-corrected chi connectivity index (χ2v) is 6.90. The van der Waals surface area contributed by atoms with Crippen LogP contribution in [-0.2, 0) is 16.1 Å². The number of hydrogen-bond acceptors (Lipinski definition) is 4. The van der Waals surface area contributed by atoms with Gasteiger partial charge in [-0.05, 0) is 31.0 Å². The van der Waals surface area contributed by atoms with Gasteiger partial charge in [-0.1, -0.05) is 42.5 Å². The van der Waals surface area contributed by atoms with Crippen molar-refractivity contribution in [1.29, 1.82) is 0 Å². The maximum absolute atomic E-state index is 12.7. The quantitative estimate of drug-likeness (QED) is 0.900. The lowest BCUT2D eigenvalue weighted by Gasteiger charge is -2.31. The number of hydrogen-bond donors (Lipinski definition) is 1. The monoisotopic (exact) mass is 366 g/mol. The summed E-state index contributed by atoms with van der Waals surface area (Å²) in [6.45, 7) is 2.97. The number of para-hydroxylation sites is 2. The Balaban J connectivity index is 1.38. The molecule has 0 spiro atoms. The van der Waals surface area contributed by atoms with Crippen LogP contribution in [0.25, 0.3) is 0 Å². The first-order valence-electron chi connectivity index (χ1n) is 9.17. The van der Waals surface area contributed by atoms with Gasteiger partial charge in [-0.3, -0.25) is 9.59 Å². The van der Waals surface area contributed by atoms with Gasteiger partial charge in [0.25, 0.3) is 5.91 Å². The van der Waals surface area contributed by atoms with Crippen LogP contribution >= 0.6 is 0 Å². The van der Waals surface area contributed by atoms with Crippen LogP contribution in [0.1, 0.15) is 18.9 Å². The molecule has 2 amide bonds. The Bertz CT molecular complexity index is 839. The number of nitrogens with one attached hydrogen (secondary N) is 1. The molecule has 2 aromatic carbocycles. The van der Waals surface area contributed by atoms with Crippen LogP contribution in [-0.4, -0.2) is 41.5 Å². The molecule has 2 aliphatic rings. The summed E-state index contributed by atoms with van der Waals surface area (Å²) < 4.78 is 11.6. The third-order valence-electron chi connectivity index (χ3n) is 4.93. The second kappa shape index (κ2) is 7.31. The van der Waals surface area contributed by atoms with Crippen LogP contribution in [0.3, 0.4) is 0 Å². The van der Waals surface area contributed by atoms with Gasteiger partial charge in [0.2, 0.25) is 12.0 Å². The van der Waals surface area contributed by atoms with Crippen LogP contribution in [0.4, 0.5) is 0 Å². The van der Waals surface area contributed by atoms with Crippen molar-refractivity contribution in [2.24, 2.45) is 0 Å². The van der Waals surface area contributed by atoms with E-state index in [0.717, 1.165) is 5.56 Å². The molecule has 6 nitrogen and oxygen atoms in total. The normalized spacial score (nSPS) is 24.0. The van der Waals surface area contributed by atoms with Crippen LogP contribution in [0, 0.1) is 0 Å². The smallest absolute Gasteiger partial charge is 0.265 e. The molecule has 0 aliphatic carbocycles. The first-order valence-corrected chi connectivity index (χ1v) is 9.17. The van der Waals surface area contributed by atoms with Gasteiger partial charge in [-0.2, -0.15) is 0 Å². The molecule has 0 unspecified atom stereocenters. The lowest BCUT2D eigenvalue weighted by molar-refractivity contribution is -0.138. The summed E-state index contributed by atoms with van der Waals surface area (Å²) in [6, 6.07) is 16.6. The Kier molecular flexibility index (Phi) is 4.71. The van der Waals surface area contributed by atoms with Crippen molar-refractivity contribution in [2.75, 3.05) is 6.54 Å². The number of ether oxygens (including phenoxy) is 2. The largest absolute Gasteiger partial charge is 0.482 e. The van der Waals surface area contributed by atoms with Crippen molar-refractivity contribution in [2.45, 2.75) is 38.1 Å². The Morgan fingerprint density at radius 2 is 1.74 bits per heavy atom. The SMILES string of the molecule is C[C@@H]1Oc2ccccc2O[C@H]1C(=O)N[C@@H]1CCN(Cc2ccccc2)C1=O. The van der Waals surface area contributed by atoms with Crippen molar-refractivity contribution in [3.8, 4) is 11.5 Å². The Morgan fingerprint density at radius 3 is 2.48 bits per heavy atom. The van der Waals surface area contributed by atoms with Crippen molar-refractivity contribution < 1.29 is 19.1 Å². The fourth-order valence-electron chi connectivity index (χ4n) is 3.49. The van der Waals surface area contributed by atoms with E-state index in [1.54, 1.807) is 17.9 Å². The maximum Gasteiger partial charge on any atom is 0.265 e. The van der Waals surface area contributed by atoms with E-state index in [-0.39, 0.29) is 11.8 Å². The average molecular weight is 366 g/mol. The molecule has 2 heterocycles. The second-order valence-electron chi connectivity index (χ2n) is 6.90. The fourth-order valence-corrected chi connectivity index (χ4v) is 3.49. The molecule has 27 heavy (non-hydrogen) atoms. The molecule has 1 saturated heterocycles. The minimum atomic E-state index is -0.782. The minimum Gasteiger partial charge on any atom is -0.482 e. The zero-order valence-corrected chi connectivity index (χ0v) is 15.1. The number of nitrogens with zero attached hydrogens (tertiary/aromatic N) is 1. The molecule has 0 radical (unpaired) electrons. The van der Waals surface area contributed by atoms with Crippen molar-refractivity contribution in [3.05, 3.63) is 60.2 Å². The molecule has 1 N–H and O–H groups in total. The zero-order valence-electron chi connectivity index (χ0n) is 15.1. The highest BCUT2D eigenvalue weighted by molar-refractivity contribution is 5.91. The third kappa shape index (κ3) is 3.60. The Hall–Kier alpha value is -3.02. The van der Waals surface area contributed by atoms with E-state index in [1.807, 2.05) is 48.5 Å². The van der Waals surface area contributed by atoms with Crippen LogP contribution in [0.2, 0.25) is 0 Å². The van der Waals surface area contributed by atoms with E-state index in [1.165, 1.54) is 0 Å². The van der Waals surface area contributed by atoms with Crippen LogP contribution in [0.5, 0.6) is 11.5 Å². The van der Waals surface area contributed by atoms with E-state index in [0.29, 0.717) is 31.0 Å². The van der Waals surface area contributed by atoms with Gasteiger partial charge < -0.3 is 19.7 Å². The number of rotatable bonds is 4. The molecule has 0 saturated carbocycles. The highest BCUT2D eigenvalue weighted by Crippen LogP contribution is 2.33. The number of fused-ring (bicyclic) bond motifs is 1. The topological polar surface area (TPSA) is 67.9 Å². The summed E-state index contributed by atoms with van der Waals surface area (Å²) in [5.41, 5.74) is 1.08. The first-order chi connectivity index (χ1) is 13.1. The molecule has 0 bridgehead atoms. The zero-order chi connectivity index (χ0) is 18.8. The summed E-state index contributed by atoms with van der Waals surface area (Å²) in [7, 11) is 0. The van der Waals surface area contributed by atoms with E-state index in [4.69, 9.17) is 9.47 Å². The third-order valence-corrected chi connectivity index (χ3v) is 4.93. The summed E-state index contributed by atoms with van der Waals surface area (Å²) in [5.74, 6) is 0.785. The van der Waals surface area contributed by atoms with Gasteiger partial charge >= 0.3 is 0 Å². The van der Waals surface area contributed by atoms with Gasteiger partial charge in [0, 0.05) is 13.1 Å². The highest BCUT2D eigenvalue weighted by Gasteiger charge is 2.38. The van der Waals surface area contributed by atoms with Gasteiger partial charge in [0.05, 0.1) is 0 Å². The van der Waals surface area contributed by atoms with Gasteiger partial charge in [0.1, 0.15) is 12.1 Å².